The van der Waals surface area contributed by atoms with Crippen LogP contribution >= 0.6 is 12.2 Å². The molecule has 2 heterocycles. The summed E-state index contributed by atoms with van der Waals surface area (Å²) in [4.78, 5) is 7.86. The molecule has 0 aliphatic carbocycles. The fourth-order valence-corrected chi connectivity index (χ4v) is 2.39. The van der Waals surface area contributed by atoms with Crippen molar-refractivity contribution in [2.75, 3.05) is 0 Å². The van der Waals surface area contributed by atoms with Crippen molar-refractivity contribution in [2.45, 2.75) is 18.4 Å². The van der Waals surface area contributed by atoms with Crippen LogP contribution in [0.4, 0.5) is 0 Å². The second-order valence-corrected chi connectivity index (χ2v) is 6.00. The van der Waals surface area contributed by atoms with Gasteiger partial charge in [-0.25, -0.2) is 13.1 Å². The van der Waals surface area contributed by atoms with Crippen LogP contribution < -0.4 is 10.5 Å². The van der Waals surface area contributed by atoms with Crippen molar-refractivity contribution in [2.24, 2.45) is 5.73 Å². The van der Waals surface area contributed by atoms with Crippen LogP contribution in [0, 0.1) is 6.92 Å². The number of pyridine rings is 1. The third-order valence-corrected chi connectivity index (χ3v) is 3.88. The van der Waals surface area contributed by atoms with E-state index in [1.54, 1.807) is 6.92 Å². The van der Waals surface area contributed by atoms with E-state index >= 15 is 0 Å². The Kier molecular flexibility index (Phi) is 4.06. The van der Waals surface area contributed by atoms with E-state index in [-0.39, 0.29) is 22.3 Å². The van der Waals surface area contributed by atoms with Crippen LogP contribution in [-0.2, 0) is 16.6 Å². The first-order valence-corrected chi connectivity index (χ1v) is 7.32. The van der Waals surface area contributed by atoms with Gasteiger partial charge in [0.15, 0.2) is 5.82 Å². The lowest BCUT2D eigenvalue weighted by molar-refractivity contribution is 0.387. The van der Waals surface area contributed by atoms with Gasteiger partial charge >= 0.3 is 0 Å². The highest BCUT2D eigenvalue weighted by Gasteiger charge is 2.16. The average molecular weight is 313 g/mol. The van der Waals surface area contributed by atoms with Crippen LogP contribution in [0.3, 0.4) is 0 Å². The van der Waals surface area contributed by atoms with Gasteiger partial charge in [-0.2, -0.15) is 4.98 Å². The molecule has 0 aliphatic rings. The van der Waals surface area contributed by atoms with E-state index in [1.165, 1.54) is 18.3 Å². The maximum absolute atomic E-state index is 12.0. The van der Waals surface area contributed by atoms with Gasteiger partial charge in [-0.05, 0) is 12.1 Å². The van der Waals surface area contributed by atoms with Crippen molar-refractivity contribution in [1.82, 2.24) is 19.8 Å². The summed E-state index contributed by atoms with van der Waals surface area (Å²) in [5.41, 5.74) is 5.74. The van der Waals surface area contributed by atoms with Crippen LogP contribution in [0.1, 0.15) is 17.4 Å². The number of thiocarbonyl (C=S) groups is 1. The third-order valence-electron chi connectivity index (χ3n) is 2.29. The molecule has 0 saturated heterocycles. The first-order chi connectivity index (χ1) is 9.38. The van der Waals surface area contributed by atoms with Crippen LogP contribution in [0.5, 0.6) is 0 Å². The molecule has 3 N–H and O–H groups in total. The Morgan fingerprint density at radius 2 is 2.25 bits per heavy atom. The predicted octanol–water partition coefficient (Wildman–Crippen LogP) is -0.114. The molecular weight excluding hydrogens is 302 g/mol. The fraction of sp³-hybridized carbons (Fsp3) is 0.200. The standard InChI is InChI=1S/C10H11N5O3S2/c1-6-14-9(15-18-6)5-13-20(16,17)7-2-3-8(10(11)19)12-4-7/h2-4,13H,5H2,1H3,(H2,11,19). The average Bonchev–Trinajstić information content (AvgIpc) is 2.82. The maximum atomic E-state index is 12.0. The first-order valence-electron chi connectivity index (χ1n) is 5.43. The van der Waals surface area contributed by atoms with E-state index < -0.39 is 10.0 Å². The summed E-state index contributed by atoms with van der Waals surface area (Å²) in [6.45, 7) is 1.54. The summed E-state index contributed by atoms with van der Waals surface area (Å²) in [6, 6.07) is 2.81. The molecule has 0 unspecified atom stereocenters. The summed E-state index contributed by atoms with van der Waals surface area (Å²) < 4.78 is 31.1. The van der Waals surface area contributed by atoms with Crippen molar-refractivity contribution >= 4 is 27.2 Å². The molecule has 2 aromatic rings. The smallest absolute Gasteiger partial charge is 0.242 e. The molecule has 0 saturated carbocycles. The largest absolute Gasteiger partial charge is 0.388 e. The van der Waals surface area contributed by atoms with Crippen molar-refractivity contribution in [3.63, 3.8) is 0 Å². The second kappa shape index (κ2) is 5.61. The molecule has 0 radical (unpaired) electrons. The molecule has 106 valence electrons. The molecule has 0 atom stereocenters. The lowest BCUT2D eigenvalue weighted by Crippen LogP contribution is -2.24. The van der Waals surface area contributed by atoms with Gasteiger partial charge in [0.25, 0.3) is 0 Å². The number of hydrogen-bond donors (Lipinski definition) is 2. The number of rotatable bonds is 5. The van der Waals surface area contributed by atoms with Crippen LogP contribution in [0.15, 0.2) is 27.7 Å². The van der Waals surface area contributed by atoms with E-state index in [9.17, 15) is 8.42 Å². The minimum absolute atomic E-state index is 0.00211. The molecule has 0 bridgehead atoms. The van der Waals surface area contributed by atoms with Gasteiger partial charge in [0.1, 0.15) is 9.88 Å². The Morgan fingerprint density at radius 1 is 1.50 bits per heavy atom. The lowest BCUT2D eigenvalue weighted by Gasteiger charge is -2.05. The lowest BCUT2D eigenvalue weighted by atomic mass is 10.3. The highest BCUT2D eigenvalue weighted by molar-refractivity contribution is 7.89. The van der Waals surface area contributed by atoms with Crippen molar-refractivity contribution < 1.29 is 12.9 Å². The topological polar surface area (TPSA) is 124 Å². The SMILES string of the molecule is Cc1nc(CNS(=O)(=O)c2ccc(C(N)=S)nc2)no1. The number of nitrogens with zero attached hydrogens (tertiary/aromatic N) is 3. The summed E-state index contributed by atoms with van der Waals surface area (Å²) in [6.07, 6.45) is 1.18. The van der Waals surface area contributed by atoms with Gasteiger partial charge < -0.3 is 10.3 Å². The van der Waals surface area contributed by atoms with Gasteiger partial charge in [-0.15, -0.1) is 0 Å². The monoisotopic (exact) mass is 313 g/mol. The quantitative estimate of drug-likeness (QED) is 0.732. The van der Waals surface area contributed by atoms with Gasteiger partial charge in [0.2, 0.25) is 15.9 Å². The molecule has 0 fully saturated rings. The number of nitrogens with one attached hydrogen (secondary N) is 1. The Hall–Kier alpha value is -1.91. The van der Waals surface area contributed by atoms with Gasteiger partial charge in [0.05, 0.1) is 12.2 Å². The van der Waals surface area contributed by atoms with E-state index in [0.717, 1.165) is 0 Å². The number of aromatic nitrogens is 3. The molecule has 0 spiro atoms. The molecule has 2 aromatic heterocycles. The molecule has 0 aliphatic heterocycles. The molecule has 0 aromatic carbocycles. The van der Waals surface area contributed by atoms with Crippen molar-refractivity contribution in [3.8, 4) is 0 Å². The molecule has 20 heavy (non-hydrogen) atoms. The zero-order chi connectivity index (χ0) is 14.8. The van der Waals surface area contributed by atoms with Crippen LogP contribution in [0.25, 0.3) is 0 Å². The Morgan fingerprint density at radius 3 is 2.75 bits per heavy atom. The maximum Gasteiger partial charge on any atom is 0.242 e. The molecular formula is C10H11N5O3S2. The van der Waals surface area contributed by atoms with Crippen LogP contribution in [-0.4, -0.2) is 28.5 Å². The minimum atomic E-state index is -3.71. The highest BCUT2D eigenvalue weighted by Crippen LogP contribution is 2.08. The summed E-state index contributed by atoms with van der Waals surface area (Å²) in [5.74, 6) is 0.612. The molecule has 8 nitrogen and oxygen atoms in total. The van der Waals surface area contributed by atoms with Crippen LogP contribution in [0.2, 0.25) is 0 Å². The Bertz CT molecular complexity index is 724. The minimum Gasteiger partial charge on any atom is -0.388 e. The molecule has 10 heteroatoms. The van der Waals surface area contributed by atoms with Crippen molar-refractivity contribution in [1.29, 1.82) is 0 Å². The molecule has 2 rings (SSSR count). The summed E-state index contributed by atoms with van der Waals surface area (Å²) in [7, 11) is -3.71. The third kappa shape index (κ3) is 3.35. The number of hydrogen-bond acceptors (Lipinski definition) is 7. The Labute approximate surface area is 120 Å². The fourth-order valence-electron chi connectivity index (χ4n) is 1.34. The Balaban J connectivity index is 2.11. The van der Waals surface area contributed by atoms with Gasteiger partial charge in [-0.3, -0.25) is 4.98 Å². The van der Waals surface area contributed by atoms with E-state index in [1.807, 2.05) is 0 Å². The number of nitrogens with two attached hydrogens (primary N) is 1. The predicted molar refractivity (Wildman–Crippen MR) is 73.2 cm³/mol. The van der Waals surface area contributed by atoms with Gasteiger partial charge in [-0.1, -0.05) is 17.4 Å². The van der Waals surface area contributed by atoms with E-state index in [4.69, 9.17) is 22.5 Å². The van der Waals surface area contributed by atoms with Crippen molar-refractivity contribution in [3.05, 3.63) is 35.7 Å². The number of sulfonamides is 1. The van der Waals surface area contributed by atoms with Gasteiger partial charge in [0, 0.05) is 13.1 Å². The second-order valence-electron chi connectivity index (χ2n) is 3.80. The zero-order valence-corrected chi connectivity index (χ0v) is 12.0. The molecule has 0 amide bonds. The van der Waals surface area contributed by atoms with E-state index in [0.29, 0.717) is 11.6 Å². The highest BCUT2D eigenvalue weighted by atomic mass is 32.2. The first kappa shape index (κ1) is 14.5. The summed E-state index contributed by atoms with van der Waals surface area (Å²) >= 11 is 4.74. The summed E-state index contributed by atoms with van der Waals surface area (Å²) in [5, 5.41) is 3.59. The zero-order valence-electron chi connectivity index (χ0n) is 10.4. The normalized spacial score (nSPS) is 11.4. The number of aryl methyl sites for hydroxylation is 1. The van der Waals surface area contributed by atoms with E-state index in [2.05, 4.69) is 19.8 Å².